The molecule has 66 heavy (non-hydrogen) atoms. The number of fused-ring (bicyclic) bond motifs is 6. The van der Waals surface area contributed by atoms with E-state index in [0.29, 0.717) is 51.9 Å². The van der Waals surface area contributed by atoms with Gasteiger partial charge in [0.1, 0.15) is 9.79 Å². The van der Waals surface area contributed by atoms with Crippen LogP contribution in [0.25, 0.3) is 27.1 Å². The van der Waals surface area contributed by atoms with E-state index in [0.717, 1.165) is 31.5 Å². The number of nitrogens with zero attached hydrogens (tertiary/aromatic N) is 2. The van der Waals surface area contributed by atoms with Crippen molar-refractivity contribution in [3.63, 3.8) is 0 Å². The molecule has 16 nitrogen and oxygen atoms in total. The number of carboxylic acids is 1. The first-order valence-electron chi connectivity index (χ1n) is 20.4. The van der Waals surface area contributed by atoms with Crippen LogP contribution in [-0.2, 0) is 59.7 Å². The Hall–Kier alpha value is -5.45. The second-order valence-electron chi connectivity index (χ2n) is 16.9. The third-order valence-corrected chi connectivity index (χ3v) is 16.9. The number of benzene rings is 5. The van der Waals surface area contributed by atoms with E-state index in [1.165, 1.54) is 48.5 Å². The summed E-state index contributed by atoms with van der Waals surface area (Å²) in [7, 11) is -16.2. The number of hydrogen-bond donors (Lipinski definition) is 3. The number of allylic oxidation sites excluding steroid dienone is 5. The van der Waals surface area contributed by atoms with Crippen LogP contribution in [0.5, 0.6) is 0 Å². The molecule has 5 aromatic rings. The molecule has 3 N–H and O–H groups in total. The molecular weight excluding hydrogens is 933 g/mol. The second kappa shape index (κ2) is 16.7. The molecule has 2 aliphatic heterocycles. The summed E-state index contributed by atoms with van der Waals surface area (Å²) in [6.45, 7) is 12.3. The van der Waals surface area contributed by atoms with E-state index in [2.05, 4.69) is 0 Å². The zero-order valence-corrected chi connectivity index (χ0v) is 40.4. The number of carboxylic acid groups (broad SMARTS) is 1. The van der Waals surface area contributed by atoms with Crippen molar-refractivity contribution in [2.45, 2.75) is 78.0 Å². The highest BCUT2D eigenvalue weighted by atomic mass is 32.2. The highest BCUT2D eigenvalue weighted by molar-refractivity contribution is 7.87. The van der Waals surface area contributed by atoms with Gasteiger partial charge in [-0.05, 0) is 101 Å². The van der Waals surface area contributed by atoms with E-state index in [4.69, 9.17) is 8.37 Å². The van der Waals surface area contributed by atoms with Gasteiger partial charge in [-0.1, -0.05) is 70.2 Å². The van der Waals surface area contributed by atoms with Gasteiger partial charge in [0, 0.05) is 51.8 Å². The molecule has 0 saturated carbocycles. The third kappa shape index (κ3) is 8.12. The van der Waals surface area contributed by atoms with Crippen LogP contribution < -0.4 is 9.80 Å². The Labute approximate surface area is 384 Å². The Kier molecular flexibility index (Phi) is 12.3. The second-order valence-corrected chi connectivity index (χ2v) is 23.1. The smallest absolute Gasteiger partial charge is 0.335 e. The fourth-order valence-corrected chi connectivity index (χ4v) is 12.2. The lowest BCUT2D eigenvalue weighted by Crippen LogP contribution is -2.39. The summed E-state index contributed by atoms with van der Waals surface area (Å²) in [4.78, 5) is 14.2. The van der Waals surface area contributed by atoms with Gasteiger partial charge in [-0.25, -0.2) is 4.79 Å². The molecule has 5 aromatic carbocycles. The molecule has 0 fully saturated rings. The van der Waals surface area contributed by atoms with Crippen molar-refractivity contribution in [3.05, 3.63) is 125 Å². The molecule has 0 radical (unpaired) electrons. The van der Waals surface area contributed by atoms with Gasteiger partial charge in [-0.15, -0.1) is 0 Å². The van der Waals surface area contributed by atoms with Crippen LogP contribution >= 0.6 is 0 Å². The van der Waals surface area contributed by atoms with Crippen LogP contribution in [0.4, 0.5) is 11.4 Å². The molecular formula is C46H48N2O14S4. The number of likely N-dealkylation sites (N-methyl/N-ethyl adjacent to an activating group) is 2. The number of rotatable bonds is 13. The Morgan fingerprint density at radius 3 is 1.76 bits per heavy atom. The first-order valence-corrected chi connectivity index (χ1v) is 26.1. The maximum Gasteiger partial charge on any atom is 0.335 e. The van der Waals surface area contributed by atoms with Crippen LogP contribution in [0, 0.1) is 0 Å². The molecule has 0 spiro atoms. The molecule has 0 aliphatic carbocycles. The van der Waals surface area contributed by atoms with Crippen molar-refractivity contribution in [3.8, 4) is 0 Å². The normalized spacial score (nSPS) is 18.2. The number of anilines is 2. The maximum absolute atomic E-state index is 13.5. The largest absolute Gasteiger partial charge is 0.478 e. The molecule has 20 heteroatoms. The topological polar surface area (TPSA) is 239 Å². The van der Waals surface area contributed by atoms with Crippen LogP contribution in [0.2, 0.25) is 0 Å². The van der Waals surface area contributed by atoms with Crippen molar-refractivity contribution < 1.29 is 61.0 Å². The van der Waals surface area contributed by atoms with Crippen molar-refractivity contribution in [1.29, 1.82) is 0 Å². The average Bonchev–Trinajstić information content (AvgIpc) is 3.62. The first-order chi connectivity index (χ1) is 30.6. The monoisotopic (exact) mass is 980 g/mol. The molecule has 350 valence electrons. The highest BCUT2D eigenvalue weighted by Gasteiger charge is 2.46. The van der Waals surface area contributed by atoms with E-state index >= 15 is 0 Å². The Morgan fingerprint density at radius 2 is 1.21 bits per heavy atom. The lowest BCUT2D eigenvalue weighted by Gasteiger charge is -2.32. The summed E-state index contributed by atoms with van der Waals surface area (Å²) in [6.07, 6.45) is 7.53. The standard InChI is InChI=1S/C46H48N2O14S4/c1-9-47-36-25-38(64(54,55)56)34-23-30(63(51,52)53)17-19-32(34)42(36)45(3,4)40(47)21-15-28(27-11-13-29(14-12-27)44(49)50)16-22-41-46(5,6)43-33-20-18-31(65(57,58)61-7)24-35(33)39(66(59,60)62-8)26-37(43)48(41)10-2/h11-26,40H,9-10H2,1-8H3,(H,49,50)(H,51,52,53)(H,54,55,56). The molecule has 7 rings (SSSR count). The lowest BCUT2D eigenvalue weighted by molar-refractivity contribution is 0.0696. The first kappa shape index (κ1) is 48.5. The van der Waals surface area contributed by atoms with Crippen LogP contribution in [0.3, 0.4) is 0 Å². The van der Waals surface area contributed by atoms with Gasteiger partial charge in [-0.3, -0.25) is 17.5 Å². The molecule has 0 amide bonds. The fourth-order valence-electron chi connectivity index (χ4n) is 9.46. The minimum absolute atomic E-state index is 0.0586. The summed E-state index contributed by atoms with van der Waals surface area (Å²) < 4.78 is 132. The van der Waals surface area contributed by atoms with Crippen molar-refractivity contribution in [2.75, 3.05) is 37.1 Å². The lowest BCUT2D eigenvalue weighted by atomic mass is 9.78. The van der Waals surface area contributed by atoms with Gasteiger partial charge in [0.15, 0.2) is 0 Å². The summed E-state index contributed by atoms with van der Waals surface area (Å²) >= 11 is 0. The van der Waals surface area contributed by atoms with Crippen LogP contribution in [0.1, 0.15) is 68.6 Å². The van der Waals surface area contributed by atoms with E-state index in [-0.39, 0.29) is 26.1 Å². The summed E-state index contributed by atoms with van der Waals surface area (Å²) in [5.41, 5.74) is 2.85. The van der Waals surface area contributed by atoms with Crippen LogP contribution in [0.15, 0.2) is 122 Å². The van der Waals surface area contributed by atoms with Gasteiger partial charge in [-0.2, -0.15) is 33.7 Å². The van der Waals surface area contributed by atoms with Gasteiger partial charge in [0.2, 0.25) is 0 Å². The number of carbonyl (C=O) groups is 1. The number of aromatic carboxylic acids is 1. The van der Waals surface area contributed by atoms with Gasteiger partial charge < -0.3 is 14.9 Å². The SMILES string of the molecule is CCN1C(=CC=C(C=CC2N(CC)c3cc(S(=O)(=O)O)c4cc(S(=O)(=O)O)ccc4c3C2(C)C)c2ccc(C(=O)O)cc2)C(C)(C)c2c1cc(S(=O)(=O)OC)c1cc(S(=O)(=O)OC)ccc21. The van der Waals surface area contributed by atoms with Crippen molar-refractivity contribution in [2.24, 2.45) is 0 Å². The highest BCUT2D eigenvalue weighted by Crippen LogP contribution is 2.53. The van der Waals surface area contributed by atoms with E-state index < -0.39 is 73.1 Å². The fraction of sp³-hybridized carbons (Fsp3) is 0.283. The summed E-state index contributed by atoms with van der Waals surface area (Å²) in [6, 6.07) is 16.3. The summed E-state index contributed by atoms with van der Waals surface area (Å²) in [5.74, 6) is -1.12. The zero-order valence-electron chi connectivity index (χ0n) is 37.1. The minimum Gasteiger partial charge on any atom is -0.478 e. The Morgan fingerprint density at radius 1 is 0.667 bits per heavy atom. The number of hydrogen-bond acceptors (Lipinski definition) is 13. The molecule has 0 bridgehead atoms. The average molecular weight is 981 g/mol. The minimum atomic E-state index is -4.90. The molecule has 0 saturated heterocycles. The predicted octanol–water partition coefficient (Wildman–Crippen LogP) is 7.68. The van der Waals surface area contributed by atoms with E-state index in [1.54, 1.807) is 18.2 Å². The van der Waals surface area contributed by atoms with Crippen LogP contribution in [-0.4, -0.2) is 87.2 Å². The molecule has 1 atom stereocenters. The quantitative estimate of drug-likeness (QED) is 0.0582. The Balaban J connectivity index is 1.42. The maximum atomic E-state index is 13.5. The molecule has 2 aliphatic rings. The molecule has 0 aromatic heterocycles. The molecule has 1 unspecified atom stereocenters. The molecule has 2 heterocycles. The van der Waals surface area contributed by atoms with Crippen molar-refractivity contribution >= 4 is 84.9 Å². The van der Waals surface area contributed by atoms with Crippen molar-refractivity contribution in [1.82, 2.24) is 0 Å². The van der Waals surface area contributed by atoms with Gasteiger partial charge >= 0.3 is 5.97 Å². The van der Waals surface area contributed by atoms with E-state index in [9.17, 15) is 52.7 Å². The predicted molar refractivity (Wildman–Crippen MR) is 250 cm³/mol. The van der Waals surface area contributed by atoms with Gasteiger partial charge in [0.25, 0.3) is 40.5 Å². The summed E-state index contributed by atoms with van der Waals surface area (Å²) in [5, 5.41) is 10.6. The van der Waals surface area contributed by atoms with Gasteiger partial charge in [0.05, 0.1) is 35.6 Å². The van der Waals surface area contributed by atoms with E-state index in [1.807, 2.05) is 75.6 Å². The zero-order chi connectivity index (χ0) is 48.7. The Bertz CT molecular complexity index is 3430. The third-order valence-electron chi connectivity index (χ3n) is 12.5.